The van der Waals surface area contributed by atoms with Crippen molar-refractivity contribution in [1.29, 1.82) is 0 Å². The molecule has 152 valence electrons. The Kier molecular flexibility index (Phi) is 6.19. The van der Waals surface area contributed by atoms with E-state index in [1.807, 2.05) is 6.20 Å². The van der Waals surface area contributed by atoms with Gasteiger partial charge in [0, 0.05) is 21.9 Å². The molecule has 0 saturated carbocycles. The van der Waals surface area contributed by atoms with Crippen molar-refractivity contribution in [3.8, 4) is 0 Å². The Morgan fingerprint density at radius 3 is 2.77 bits per heavy atom. The number of fused-ring (bicyclic) bond motifs is 1. The summed E-state index contributed by atoms with van der Waals surface area (Å²) in [6, 6.07) is 16.9. The van der Waals surface area contributed by atoms with Crippen molar-refractivity contribution in [2.45, 2.75) is 41.9 Å². The van der Waals surface area contributed by atoms with Crippen LogP contribution in [0.15, 0.2) is 83.0 Å². The highest BCUT2D eigenvalue weighted by Gasteiger charge is 2.18. The quantitative estimate of drug-likeness (QED) is 0.495. The van der Waals surface area contributed by atoms with E-state index in [0.717, 1.165) is 19.3 Å². The Labute approximate surface area is 181 Å². The van der Waals surface area contributed by atoms with Crippen LogP contribution in [0.1, 0.15) is 45.8 Å². The topological polar surface area (TPSA) is 62.2 Å². The van der Waals surface area contributed by atoms with Gasteiger partial charge in [0.15, 0.2) is 0 Å². The zero-order valence-corrected chi connectivity index (χ0v) is 17.7. The molecular formula is C25H24N2O2S. The lowest BCUT2D eigenvalue weighted by atomic mass is 9.83. The predicted octanol–water partition coefficient (Wildman–Crippen LogP) is 6.29. The molecule has 0 radical (unpaired) electrons. The van der Waals surface area contributed by atoms with E-state index in [4.69, 9.17) is 0 Å². The highest BCUT2D eigenvalue weighted by Crippen LogP contribution is 2.36. The standard InChI is InChI=1S/C25H24N2O2S/c1-17-5-7-20(8-6-17)30-21-9-10-22-18(3-2-4-19(22)15-21)11-14-27-24-16-26-13-12-23(24)25(28)29/h5-16,18,27H,2-4H2,1H3,(H,28,29)/b14-11+. The van der Waals surface area contributed by atoms with Gasteiger partial charge in [-0.25, -0.2) is 4.79 Å². The van der Waals surface area contributed by atoms with E-state index >= 15 is 0 Å². The molecule has 4 rings (SSSR count). The van der Waals surface area contributed by atoms with Crippen LogP contribution in [-0.2, 0) is 6.42 Å². The van der Waals surface area contributed by atoms with E-state index in [1.54, 1.807) is 11.8 Å². The van der Waals surface area contributed by atoms with Gasteiger partial charge in [0.25, 0.3) is 0 Å². The summed E-state index contributed by atoms with van der Waals surface area (Å²) < 4.78 is 0. The number of carboxylic acid groups (broad SMARTS) is 1. The fourth-order valence-electron chi connectivity index (χ4n) is 3.78. The maximum Gasteiger partial charge on any atom is 0.337 e. The number of anilines is 1. The highest BCUT2D eigenvalue weighted by molar-refractivity contribution is 7.99. The Morgan fingerprint density at radius 1 is 1.17 bits per heavy atom. The minimum absolute atomic E-state index is 0.219. The molecule has 1 atom stereocenters. The van der Waals surface area contributed by atoms with Crippen LogP contribution < -0.4 is 5.32 Å². The minimum Gasteiger partial charge on any atom is -0.478 e. The molecule has 1 heterocycles. The smallest absolute Gasteiger partial charge is 0.337 e. The first-order valence-electron chi connectivity index (χ1n) is 10.1. The van der Waals surface area contributed by atoms with Crippen LogP contribution in [0.25, 0.3) is 0 Å². The molecule has 5 heteroatoms. The third-order valence-corrected chi connectivity index (χ3v) is 6.35. The lowest BCUT2D eigenvalue weighted by molar-refractivity contribution is 0.0698. The third-order valence-electron chi connectivity index (χ3n) is 5.35. The number of allylic oxidation sites excluding steroid dienone is 1. The molecular weight excluding hydrogens is 392 g/mol. The average Bonchev–Trinajstić information content (AvgIpc) is 2.75. The number of nitrogens with one attached hydrogen (secondary N) is 1. The lowest BCUT2D eigenvalue weighted by Crippen LogP contribution is -2.08. The van der Waals surface area contributed by atoms with Crippen molar-refractivity contribution in [2.24, 2.45) is 0 Å². The summed E-state index contributed by atoms with van der Waals surface area (Å²) in [5.74, 6) is -0.639. The molecule has 0 amide bonds. The van der Waals surface area contributed by atoms with Crippen molar-refractivity contribution >= 4 is 23.4 Å². The highest BCUT2D eigenvalue weighted by atomic mass is 32.2. The number of carboxylic acids is 1. The predicted molar refractivity (Wildman–Crippen MR) is 121 cm³/mol. The number of carbonyl (C=O) groups is 1. The van der Waals surface area contributed by atoms with E-state index in [-0.39, 0.29) is 5.56 Å². The second kappa shape index (κ2) is 9.18. The Morgan fingerprint density at radius 2 is 1.97 bits per heavy atom. The summed E-state index contributed by atoms with van der Waals surface area (Å²) in [6.07, 6.45) is 10.3. The van der Waals surface area contributed by atoms with Gasteiger partial charge < -0.3 is 10.4 Å². The third kappa shape index (κ3) is 4.74. The molecule has 4 nitrogen and oxygen atoms in total. The number of aromatic carboxylic acids is 1. The van der Waals surface area contributed by atoms with Crippen LogP contribution in [0.4, 0.5) is 5.69 Å². The Balaban J connectivity index is 1.48. The molecule has 1 unspecified atom stereocenters. The molecule has 0 spiro atoms. The molecule has 1 aliphatic carbocycles. The first kappa shape index (κ1) is 20.2. The van der Waals surface area contributed by atoms with Gasteiger partial charge in [-0.15, -0.1) is 0 Å². The Bertz CT molecular complexity index is 1080. The number of rotatable bonds is 6. The van der Waals surface area contributed by atoms with Gasteiger partial charge in [0.1, 0.15) is 0 Å². The van der Waals surface area contributed by atoms with Gasteiger partial charge in [-0.3, -0.25) is 4.98 Å². The molecule has 0 saturated heterocycles. The first-order valence-corrected chi connectivity index (χ1v) is 10.9. The normalized spacial score (nSPS) is 15.7. The summed E-state index contributed by atoms with van der Waals surface area (Å²) in [5, 5.41) is 12.4. The van der Waals surface area contributed by atoms with Gasteiger partial charge in [0.2, 0.25) is 0 Å². The van der Waals surface area contributed by atoms with Gasteiger partial charge in [-0.05, 0) is 73.8 Å². The molecule has 1 aliphatic rings. The maximum atomic E-state index is 11.3. The minimum atomic E-state index is -0.963. The second-order valence-electron chi connectivity index (χ2n) is 7.50. The molecule has 0 fully saturated rings. The zero-order chi connectivity index (χ0) is 20.9. The molecule has 30 heavy (non-hydrogen) atoms. The van der Waals surface area contributed by atoms with Gasteiger partial charge >= 0.3 is 5.97 Å². The summed E-state index contributed by atoms with van der Waals surface area (Å²) >= 11 is 1.80. The maximum absolute atomic E-state index is 11.3. The fraction of sp³-hybridized carbons (Fsp3) is 0.200. The molecule has 1 aromatic heterocycles. The number of aromatic nitrogens is 1. The average molecular weight is 417 g/mol. The monoisotopic (exact) mass is 416 g/mol. The van der Waals surface area contributed by atoms with Gasteiger partial charge in [-0.2, -0.15) is 0 Å². The second-order valence-corrected chi connectivity index (χ2v) is 8.65. The zero-order valence-electron chi connectivity index (χ0n) is 16.8. The molecule has 0 aliphatic heterocycles. The van der Waals surface area contributed by atoms with E-state index in [2.05, 4.69) is 65.8 Å². The van der Waals surface area contributed by atoms with Crippen LogP contribution in [0.2, 0.25) is 0 Å². The van der Waals surface area contributed by atoms with E-state index in [0.29, 0.717) is 11.6 Å². The summed E-state index contributed by atoms with van der Waals surface area (Å²) in [7, 11) is 0. The van der Waals surface area contributed by atoms with Crippen molar-refractivity contribution in [3.05, 3.63) is 95.5 Å². The lowest BCUT2D eigenvalue weighted by Gasteiger charge is -2.23. The van der Waals surface area contributed by atoms with Crippen molar-refractivity contribution < 1.29 is 9.90 Å². The largest absolute Gasteiger partial charge is 0.478 e. The van der Waals surface area contributed by atoms with Crippen LogP contribution in [0.3, 0.4) is 0 Å². The van der Waals surface area contributed by atoms with Crippen LogP contribution >= 0.6 is 11.8 Å². The number of pyridine rings is 1. The van der Waals surface area contributed by atoms with Crippen molar-refractivity contribution in [1.82, 2.24) is 4.98 Å². The molecule has 3 aromatic rings. The molecule has 2 N–H and O–H groups in total. The number of hydrogen-bond acceptors (Lipinski definition) is 4. The van der Waals surface area contributed by atoms with Crippen LogP contribution in [-0.4, -0.2) is 16.1 Å². The van der Waals surface area contributed by atoms with Crippen molar-refractivity contribution in [3.63, 3.8) is 0 Å². The van der Waals surface area contributed by atoms with E-state index < -0.39 is 5.97 Å². The van der Waals surface area contributed by atoms with E-state index in [9.17, 15) is 9.90 Å². The number of aryl methyl sites for hydroxylation is 2. The van der Waals surface area contributed by atoms with Gasteiger partial charge in [0.05, 0.1) is 17.4 Å². The SMILES string of the molecule is Cc1ccc(Sc2ccc3c(c2)CCCC3/C=C/Nc2cnccc2C(=O)O)cc1. The summed E-state index contributed by atoms with van der Waals surface area (Å²) in [4.78, 5) is 17.9. The van der Waals surface area contributed by atoms with Crippen LogP contribution in [0.5, 0.6) is 0 Å². The Hall–Kier alpha value is -3.05. The number of hydrogen-bond donors (Lipinski definition) is 2. The van der Waals surface area contributed by atoms with Crippen LogP contribution in [0, 0.1) is 6.92 Å². The molecule has 2 aromatic carbocycles. The van der Waals surface area contributed by atoms with Crippen molar-refractivity contribution in [2.75, 3.05) is 5.32 Å². The van der Waals surface area contributed by atoms with Gasteiger partial charge in [-0.1, -0.05) is 41.6 Å². The first-order chi connectivity index (χ1) is 14.6. The molecule has 0 bridgehead atoms. The van der Waals surface area contributed by atoms with E-state index in [1.165, 1.54) is 44.9 Å². The number of benzene rings is 2. The summed E-state index contributed by atoms with van der Waals surface area (Å²) in [6.45, 7) is 2.10. The number of nitrogens with zero attached hydrogens (tertiary/aromatic N) is 1. The fourth-order valence-corrected chi connectivity index (χ4v) is 4.67. The summed E-state index contributed by atoms with van der Waals surface area (Å²) in [5.41, 5.74) is 4.76.